The first kappa shape index (κ1) is 13.4. The molecule has 0 rings (SSSR count). The van der Waals surface area contributed by atoms with Gasteiger partial charge in [0.15, 0.2) is 5.60 Å². The minimum atomic E-state index is -1.37. The lowest BCUT2D eigenvalue weighted by Gasteiger charge is -2.30. The van der Waals surface area contributed by atoms with Crippen molar-refractivity contribution in [2.75, 3.05) is 20.3 Å². The third kappa shape index (κ3) is 3.66. The quantitative estimate of drug-likeness (QED) is 0.479. The fourth-order valence-electron chi connectivity index (χ4n) is 0.826. The van der Waals surface area contributed by atoms with Gasteiger partial charge in [0.25, 0.3) is 0 Å². The maximum absolute atomic E-state index is 12.7. The number of halogens is 1. The van der Waals surface area contributed by atoms with Crippen LogP contribution in [0.4, 0.5) is 4.39 Å². The Hall–Kier alpha value is -0.565. The molecular formula is C9H14BFO3. The van der Waals surface area contributed by atoms with E-state index < -0.39 is 24.4 Å². The van der Waals surface area contributed by atoms with Gasteiger partial charge in [-0.05, 0) is 6.92 Å². The Morgan fingerprint density at radius 1 is 1.71 bits per heavy atom. The van der Waals surface area contributed by atoms with Gasteiger partial charge >= 0.3 is 0 Å². The van der Waals surface area contributed by atoms with Gasteiger partial charge < -0.3 is 14.6 Å². The summed E-state index contributed by atoms with van der Waals surface area (Å²) >= 11 is 0. The summed E-state index contributed by atoms with van der Waals surface area (Å²) in [7, 11) is 6.72. The van der Waals surface area contributed by atoms with Crippen LogP contribution in [0.2, 0.25) is 0 Å². The van der Waals surface area contributed by atoms with Gasteiger partial charge in [-0.1, -0.05) is 5.92 Å². The maximum Gasteiger partial charge on any atom is 0.173 e. The van der Waals surface area contributed by atoms with E-state index in [0.29, 0.717) is 0 Å². The topological polar surface area (TPSA) is 38.7 Å². The molecule has 0 aromatic carbocycles. The van der Waals surface area contributed by atoms with Gasteiger partial charge in [0.2, 0.25) is 0 Å². The number of aliphatic hydroxyl groups is 1. The van der Waals surface area contributed by atoms with Crippen molar-refractivity contribution >= 4 is 7.85 Å². The van der Waals surface area contributed by atoms with Crippen LogP contribution < -0.4 is 0 Å². The molecule has 0 aromatic heterocycles. The smallest absolute Gasteiger partial charge is 0.173 e. The molecule has 0 amide bonds. The largest absolute Gasteiger partial charge is 0.392 e. The third-order valence-electron chi connectivity index (χ3n) is 1.71. The summed E-state index contributed by atoms with van der Waals surface area (Å²) < 4.78 is 22.5. The fraction of sp³-hybridized carbons (Fsp3) is 0.778. The lowest BCUT2D eigenvalue weighted by molar-refractivity contribution is -0.105. The summed E-state index contributed by atoms with van der Waals surface area (Å²) in [6, 6.07) is -1.17. The molecule has 5 heteroatoms. The van der Waals surface area contributed by atoms with Gasteiger partial charge in [0.1, 0.15) is 14.0 Å². The number of ether oxygens (including phenoxy) is 2. The molecule has 0 saturated heterocycles. The van der Waals surface area contributed by atoms with E-state index in [0.717, 1.165) is 0 Å². The van der Waals surface area contributed by atoms with E-state index >= 15 is 0 Å². The molecule has 1 unspecified atom stereocenters. The molecule has 2 radical (unpaired) electrons. The van der Waals surface area contributed by atoms with E-state index in [2.05, 4.69) is 5.92 Å². The van der Waals surface area contributed by atoms with E-state index in [1.807, 2.05) is 0 Å². The second kappa shape index (κ2) is 6.02. The Morgan fingerprint density at radius 3 is 2.57 bits per heavy atom. The van der Waals surface area contributed by atoms with Crippen molar-refractivity contribution in [3.05, 3.63) is 0 Å². The molecule has 0 spiro atoms. The van der Waals surface area contributed by atoms with Gasteiger partial charge in [0.05, 0.1) is 13.2 Å². The van der Waals surface area contributed by atoms with Crippen LogP contribution in [0.5, 0.6) is 0 Å². The van der Waals surface area contributed by atoms with Crippen molar-refractivity contribution in [3.8, 4) is 12.3 Å². The Labute approximate surface area is 85.0 Å². The van der Waals surface area contributed by atoms with Crippen molar-refractivity contribution in [1.29, 1.82) is 0 Å². The monoisotopic (exact) mass is 200 g/mol. The van der Waals surface area contributed by atoms with E-state index in [1.54, 1.807) is 0 Å². The highest BCUT2D eigenvalue weighted by atomic mass is 19.1. The Balaban J connectivity index is 4.43. The van der Waals surface area contributed by atoms with Crippen molar-refractivity contribution in [3.63, 3.8) is 0 Å². The molecule has 0 aliphatic carbocycles. The van der Waals surface area contributed by atoms with Gasteiger partial charge in [-0.3, -0.25) is 0 Å². The molecule has 1 N–H and O–H groups in total. The first-order chi connectivity index (χ1) is 6.51. The Bertz CT molecular complexity index is 205. The van der Waals surface area contributed by atoms with Crippen molar-refractivity contribution < 1.29 is 19.0 Å². The van der Waals surface area contributed by atoms with Crippen molar-refractivity contribution in [1.82, 2.24) is 0 Å². The highest BCUT2D eigenvalue weighted by Gasteiger charge is 2.31. The number of aliphatic hydroxyl groups excluding tert-OH is 1. The predicted molar refractivity (Wildman–Crippen MR) is 51.7 cm³/mol. The van der Waals surface area contributed by atoms with E-state index in [-0.39, 0.29) is 6.61 Å². The molecule has 0 heterocycles. The Kier molecular flexibility index (Phi) is 5.78. The van der Waals surface area contributed by atoms with Crippen LogP contribution in [-0.2, 0) is 9.47 Å². The predicted octanol–water partition coefficient (Wildman–Crippen LogP) is -0.134. The van der Waals surface area contributed by atoms with Gasteiger partial charge in [-0.15, -0.1) is 6.42 Å². The number of alkyl halides is 1. The first-order valence-corrected chi connectivity index (χ1v) is 4.16. The number of hydrogen-bond donors (Lipinski definition) is 1. The van der Waals surface area contributed by atoms with Crippen LogP contribution in [0.25, 0.3) is 0 Å². The van der Waals surface area contributed by atoms with Crippen molar-refractivity contribution in [2.24, 2.45) is 0 Å². The van der Waals surface area contributed by atoms with Crippen LogP contribution >= 0.6 is 0 Å². The van der Waals surface area contributed by atoms with E-state index in [9.17, 15) is 4.39 Å². The molecule has 0 saturated carbocycles. The standard InChI is InChI=1S/C9H14BFO3/c1-4-9(5-12,6-13-3)14-8(10)7(2)11/h1,7-8,12H,5-6H2,2-3H3/t7-,8?,9-/m0/s1. The SMILES string of the molecule is [B]C(O[C@@](C#C)(CO)COC)[C@H](C)F. The molecule has 0 aromatic rings. The molecule has 3 atom stereocenters. The van der Waals surface area contributed by atoms with Crippen LogP contribution in [0.3, 0.4) is 0 Å². The number of hydrogen-bond acceptors (Lipinski definition) is 3. The molecule has 78 valence electrons. The second-order valence-electron chi connectivity index (χ2n) is 2.99. The first-order valence-electron chi connectivity index (χ1n) is 4.16. The highest BCUT2D eigenvalue weighted by Crippen LogP contribution is 2.14. The minimum absolute atomic E-state index is 0.0413. The summed E-state index contributed by atoms with van der Waals surface area (Å²) in [5.41, 5.74) is -1.37. The zero-order valence-corrected chi connectivity index (χ0v) is 8.37. The molecule has 0 bridgehead atoms. The maximum atomic E-state index is 12.7. The highest BCUT2D eigenvalue weighted by molar-refractivity contribution is 6.11. The normalized spacial score (nSPS) is 19.4. The van der Waals surface area contributed by atoms with Crippen LogP contribution in [-0.4, -0.2) is 51.1 Å². The molecule has 14 heavy (non-hydrogen) atoms. The van der Waals surface area contributed by atoms with E-state index in [1.165, 1.54) is 14.0 Å². The zero-order valence-electron chi connectivity index (χ0n) is 8.37. The second-order valence-corrected chi connectivity index (χ2v) is 2.99. The average molecular weight is 200 g/mol. The number of terminal acetylenes is 1. The summed E-state index contributed by atoms with van der Waals surface area (Å²) in [6.07, 6.45) is 3.79. The molecule has 0 fully saturated rings. The lowest BCUT2D eigenvalue weighted by Crippen LogP contribution is -2.45. The van der Waals surface area contributed by atoms with Gasteiger partial charge in [0, 0.05) is 13.1 Å². The van der Waals surface area contributed by atoms with E-state index in [4.69, 9.17) is 28.8 Å². The minimum Gasteiger partial charge on any atom is -0.392 e. The van der Waals surface area contributed by atoms with Crippen molar-refractivity contribution in [2.45, 2.75) is 24.7 Å². The summed E-state index contributed by atoms with van der Waals surface area (Å²) in [4.78, 5) is 0. The van der Waals surface area contributed by atoms with Gasteiger partial charge in [-0.25, -0.2) is 4.39 Å². The van der Waals surface area contributed by atoms with Crippen LogP contribution in [0, 0.1) is 12.3 Å². The van der Waals surface area contributed by atoms with Crippen LogP contribution in [0.15, 0.2) is 0 Å². The lowest BCUT2D eigenvalue weighted by atomic mass is 9.94. The molecular weight excluding hydrogens is 186 g/mol. The average Bonchev–Trinajstić information content (AvgIpc) is 2.16. The molecule has 3 nitrogen and oxygen atoms in total. The zero-order chi connectivity index (χ0) is 11.2. The summed E-state index contributed by atoms with van der Waals surface area (Å²) in [6.45, 7) is 0.730. The summed E-state index contributed by atoms with van der Waals surface area (Å²) in [5, 5.41) is 9.01. The number of rotatable bonds is 6. The van der Waals surface area contributed by atoms with Crippen LogP contribution in [0.1, 0.15) is 6.92 Å². The van der Waals surface area contributed by atoms with Gasteiger partial charge in [-0.2, -0.15) is 0 Å². The molecule has 0 aliphatic rings. The Morgan fingerprint density at radius 2 is 2.29 bits per heavy atom. The third-order valence-corrected chi connectivity index (χ3v) is 1.71. The molecule has 0 aliphatic heterocycles. The fourth-order valence-corrected chi connectivity index (χ4v) is 0.826. The number of methoxy groups -OCH3 is 1. The summed E-state index contributed by atoms with van der Waals surface area (Å²) in [5.74, 6) is 2.21.